The van der Waals surface area contributed by atoms with E-state index in [0.717, 1.165) is 18.4 Å². The molecule has 1 heterocycles. The van der Waals surface area contributed by atoms with Crippen molar-refractivity contribution in [2.75, 3.05) is 31.6 Å². The van der Waals surface area contributed by atoms with Crippen LogP contribution in [0.25, 0.3) is 0 Å². The van der Waals surface area contributed by atoms with E-state index in [1.54, 1.807) is 41.3 Å². The molecule has 0 radical (unpaired) electrons. The fourth-order valence-electron chi connectivity index (χ4n) is 3.22. The zero-order valence-electron chi connectivity index (χ0n) is 16.6. The normalized spacial score (nSPS) is 14.9. The van der Waals surface area contributed by atoms with E-state index in [1.165, 1.54) is 0 Å². The number of amides is 3. The third-order valence-electron chi connectivity index (χ3n) is 4.88. The smallest absolute Gasteiger partial charge is 0.319 e. The van der Waals surface area contributed by atoms with Gasteiger partial charge >= 0.3 is 6.03 Å². The maximum atomic E-state index is 12.8. The number of nitrogens with one attached hydrogen (secondary N) is 2. The lowest BCUT2D eigenvalue weighted by molar-refractivity contribution is 0.0303. The molecule has 0 spiro atoms. The summed E-state index contributed by atoms with van der Waals surface area (Å²) in [5, 5.41) is 15.1. The Hall–Kier alpha value is -3.06. The van der Waals surface area contributed by atoms with Gasteiger partial charge in [0.05, 0.1) is 24.5 Å². The van der Waals surface area contributed by atoms with Crippen molar-refractivity contribution in [2.45, 2.75) is 25.8 Å². The van der Waals surface area contributed by atoms with E-state index in [0.29, 0.717) is 37.6 Å². The second-order valence-electron chi connectivity index (χ2n) is 7.15. The van der Waals surface area contributed by atoms with Gasteiger partial charge in [0.2, 0.25) is 0 Å². The predicted octanol–water partition coefficient (Wildman–Crippen LogP) is 3.01. The number of ether oxygens (including phenoxy) is 1. The summed E-state index contributed by atoms with van der Waals surface area (Å²) in [7, 11) is 0. The van der Waals surface area contributed by atoms with Gasteiger partial charge in [0, 0.05) is 19.1 Å². The van der Waals surface area contributed by atoms with Crippen molar-refractivity contribution < 1.29 is 19.4 Å². The highest BCUT2D eigenvalue weighted by Gasteiger charge is 2.21. The molecule has 1 atom stereocenters. The number of phenols is 1. The molecule has 7 nitrogen and oxygen atoms in total. The summed E-state index contributed by atoms with van der Waals surface area (Å²) in [5.41, 5.74) is 2.06. The third-order valence-corrected chi connectivity index (χ3v) is 4.88. The first-order chi connectivity index (χ1) is 14.0. The zero-order chi connectivity index (χ0) is 20.6. The van der Waals surface area contributed by atoms with Crippen molar-refractivity contribution in [1.82, 2.24) is 10.2 Å². The van der Waals surface area contributed by atoms with E-state index in [-0.39, 0.29) is 23.7 Å². The highest BCUT2D eigenvalue weighted by Crippen LogP contribution is 2.18. The number of nitrogens with zero attached hydrogens (tertiary/aromatic N) is 1. The molecule has 0 bridgehead atoms. The van der Waals surface area contributed by atoms with E-state index in [2.05, 4.69) is 10.6 Å². The van der Waals surface area contributed by atoms with Crippen molar-refractivity contribution in [3.8, 4) is 5.75 Å². The lowest BCUT2D eigenvalue weighted by atomic mass is 10.1. The molecule has 7 heteroatoms. The molecule has 0 aromatic heterocycles. The maximum Gasteiger partial charge on any atom is 0.319 e. The largest absolute Gasteiger partial charge is 0.508 e. The van der Waals surface area contributed by atoms with Crippen molar-refractivity contribution in [2.24, 2.45) is 0 Å². The molecule has 3 N–H and O–H groups in total. The quantitative estimate of drug-likeness (QED) is 0.699. The fraction of sp³-hybridized carbons (Fsp3) is 0.364. The fourth-order valence-corrected chi connectivity index (χ4v) is 3.22. The van der Waals surface area contributed by atoms with E-state index >= 15 is 0 Å². The van der Waals surface area contributed by atoms with Crippen LogP contribution in [0.4, 0.5) is 10.5 Å². The SMILES string of the molecule is CC(CCc1ccc(O)cc1)NC(=O)Nc1ccccc1C(=O)N1CCOCC1. The number of carbonyl (C=O) groups excluding carboxylic acids is 2. The first-order valence-electron chi connectivity index (χ1n) is 9.84. The summed E-state index contributed by atoms with van der Waals surface area (Å²) in [6.07, 6.45) is 1.54. The standard InChI is InChI=1S/C22H27N3O4/c1-16(6-7-17-8-10-18(26)11-9-17)23-22(28)24-20-5-3-2-4-19(20)21(27)25-12-14-29-15-13-25/h2-5,8-11,16,26H,6-7,12-15H2,1H3,(H2,23,24,28). The van der Waals surface area contributed by atoms with E-state index in [9.17, 15) is 14.7 Å². The van der Waals surface area contributed by atoms with Crippen LogP contribution < -0.4 is 10.6 Å². The van der Waals surface area contributed by atoms with Gasteiger partial charge in [0.25, 0.3) is 5.91 Å². The van der Waals surface area contributed by atoms with Crippen molar-refractivity contribution >= 4 is 17.6 Å². The molecule has 29 heavy (non-hydrogen) atoms. The summed E-state index contributed by atoms with van der Waals surface area (Å²) in [5.74, 6) is 0.133. The highest BCUT2D eigenvalue weighted by molar-refractivity contribution is 6.03. The molecule has 1 aliphatic rings. The second-order valence-corrected chi connectivity index (χ2v) is 7.15. The summed E-state index contributed by atoms with van der Waals surface area (Å²) < 4.78 is 5.30. The van der Waals surface area contributed by atoms with Crippen molar-refractivity contribution in [3.63, 3.8) is 0 Å². The van der Waals surface area contributed by atoms with Gasteiger partial charge in [0.1, 0.15) is 5.75 Å². The number of anilines is 1. The van der Waals surface area contributed by atoms with E-state index in [1.807, 2.05) is 19.1 Å². The van der Waals surface area contributed by atoms with Crippen LogP contribution in [-0.4, -0.2) is 54.3 Å². The minimum Gasteiger partial charge on any atom is -0.508 e. The van der Waals surface area contributed by atoms with Crippen LogP contribution >= 0.6 is 0 Å². The van der Waals surface area contributed by atoms with Gasteiger partial charge in [0.15, 0.2) is 0 Å². The molecule has 2 aromatic rings. The highest BCUT2D eigenvalue weighted by atomic mass is 16.5. The molecule has 3 rings (SSSR count). The number of hydrogen-bond donors (Lipinski definition) is 3. The minimum atomic E-state index is -0.342. The van der Waals surface area contributed by atoms with Crippen molar-refractivity contribution in [3.05, 3.63) is 59.7 Å². The summed E-state index contributed by atoms with van der Waals surface area (Å²) in [4.78, 5) is 27.0. The predicted molar refractivity (Wildman–Crippen MR) is 111 cm³/mol. The van der Waals surface area contributed by atoms with Crippen LogP contribution in [0.3, 0.4) is 0 Å². The van der Waals surface area contributed by atoms with Crippen LogP contribution in [-0.2, 0) is 11.2 Å². The Kier molecular flexibility index (Phi) is 7.08. The Morgan fingerprint density at radius 1 is 1.10 bits per heavy atom. The molecule has 1 saturated heterocycles. The van der Waals surface area contributed by atoms with Crippen LogP contribution in [0.15, 0.2) is 48.5 Å². The Labute approximate surface area is 170 Å². The molecule has 0 saturated carbocycles. The number of benzene rings is 2. The number of morpholine rings is 1. The number of urea groups is 1. The molecule has 154 valence electrons. The first kappa shape index (κ1) is 20.7. The maximum absolute atomic E-state index is 12.8. The lowest BCUT2D eigenvalue weighted by Gasteiger charge is -2.27. The molecular formula is C22H27N3O4. The molecule has 1 unspecified atom stereocenters. The number of aryl methyl sites for hydroxylation is 1. The summed E-state index contributed by atoms with van der Waals surface area (Å²) in [6, 6.07) is 13.7. The molecule has 1 fully saturated rings. The number of rotatable bonds is 6. The van der Waals surface area contributed by atoms with Crippen LogP contribution in [0.1, 0.15) is 29.3 Å². The molecule has 3 amide bonds. The number of hydrogen-bond acceptors (Lipinski definition) is 4. The average Bonchev–Trinajstić information content (AvgIpc) is 2.74. The first-order valence-corrected chi connectivity index (χ1v) is 9.84. The average molecular weight is 397 g/mol. The van der Waals surface area contributed by atoms with Crippen LogP contribution in [0.5, 0.6) is 5.75 Å². The van der Waals surface area contributed by atoms with Gasteiger partial charge in [-0.25, -0.2) is 4.79 Å². The number of aromatic hydroxyl groups is 1. The van der Waals surface area contributed by atoms with Crippen molar-refractivity contribution in [1.29, 1.82) is 0 Å². The Morgan fingerprint density at radius 3 is 2.52 bits per heavy atom. The van der Waals surface area contributed by atoms with Gasteiger partial charge in [-0.2, -0.15) is 0 Å². The van der Waals surface area contributed by atoms with E-state index in [4.69, 9.17) is 4.74 Å². The van der Waals surface area contributed by atoms with Crippen LogP contribution in [0.2, 0.25) is 0 Å². The van der Waals surface area contributed by atoms with Gasteiger partial charge in [-0.3, -0.25) is 4.79 Å². The molecular weight excluding hydrogens is 370 g/mol. The molecule has 1 aliphatic heterocycles. The van der Waals surface area contributed by atoms with Gasteiger partial charge in [-0.1, -0.05) is 24.3 Å². The minimum absolute atomic E-state index is 0.0501. The lowest BCUT2D eigenvalue weighted by Crippen LogP contribution is -2.41. The van der Waals surface area contributed by atoms with E-state index < -0.39 is 0 Å². The molecule has 0 aliphatic carbocycles. The number of para-hydroxylation sites is 1. The van der Waals surface area contributed by atoms with Crippen LogP contribution in [0, 0.1) is 0 Å². The topological polar surface area (TPSA) is 90.9 Å². The Balaban J connectivity index is 1.54. The Morgan fingerprint density at radius 2 is 1.79 bits per heavy atom. The van der Waals surface area contributed by atoms with Gasteiger partial charge in [-0.05, 0) is 49.6 Å². The molecule has 2 aromatic carbocycles. The third kappa shape index (κ3) is 5.96. The van der Waals surface area contributed by atoms with Gasteiger partial charge < -0.3 is 25.4 Å². The second kappa shape index (κ2) is 9.93. The Bertz CT molecular complexity index is 832. The summed E-state index contributed by atoms with van der Waals surface area (Å²) in [6.45, 7) is 4.09. The monoisotopic (exact) mass is 397 g/mol. The zero-order valence-corrected chi connectivity index (χ0v) is 16.6. The number of carbonyl (C=O) groups is 2. The number of phenolic OH excluding ortho intramolecular Hbond substituents is 1. The van der Waals surface area contributed by atoms with Gasteiger partial charge in [-0.15, -0.1) is 0 Å². The summed E-state index contributed by atoms with van der Waals surface area (Å²) >= 11 is 0.